The van der Waals surface area contributed by atoms with E-state index in [4.69, 9.17) is 5.11 Å². The first-order valence-corrected chi connectivity index (χ1v) is 8.63. The summed E-state index contributed by atoms with van der Waals surface area (Å²) in [6.07, 6.45) is 3.02. The van der Waals surface area contributed by atoms with Crippen molar-refractivity contribution in [1.82, 2.24) is 10.6 Å². The highest BCUT2D eigenvalue weighted by Gasteiger charge is 2.40. The molecule has 1 aliphatic carbocycles. The number of rotatable bonds is 4. The molecule has 0 bridgehead atoms. The Kier molecular flexibility index (Phi) is 4.22. The highest BCUT2D eigenvalue weighted by Crippen LogP contribution is 2.34. The summed E-state index contributed by atoms with van der Waals surface area (Å²) in [5.41, 5.74) is -0.628. The van der Waals surface area contributed by atoms with Crippen molar-refractivity contribution in [3.8, 4) is 0 Å². The van der Waals surface area contributed by atoms with E-state index >= 15 is 0 Å². The van der Waals surface area contributed by atoms with Gasteiger partial charge in [0.2, 0.25) is 0 Å². The zero-order chi connectivity index (χ0) is 14.8. The third kappa shape index (κ3) is 3.84. The molecular weight excluding hydrogens is 284 g/mol. The lowest BCUT2D eigenvalue weighted by atomic mass is 9.74. The summed E-state index contributed by atoms with van der Waals surface area (Å²) in [6.45, 7) is 0. The van der Waals surface area contributed by atoms with Crippen molar-refractivity contribution in [3.05, 3.63) is 0 Å². The third-order valence-electron chi connectivity index (χ3n) is 4.07. The van der Waals surface area contributed by atoms with Gasteiger partial charge >= 0.3 is 12.0 Å². The molecule has 0 atom stereocenters. The SMILES string of the molecule is O=C(O)CC1(NC(=O)NC2CCS(=O)(=O)CC2)CCC1. The van der Waals surface area contributed by atoms with Gasteiger partial charge in [-0.1, -0.05) is 0 Å². The first-order valence-electron chi connectivity index (χ1n) is 6.81. The Morgan fingerprint density at radius 2 is 1.80 bits per heavy atom. The van der Waals surface area contributed by atoms with Crippen LogP contribution in [0.5, 0.6) is 0 Å². The minimum atomic E-state index is -2.95. The van der Waals surface area contributed by atoms with E-state index in [1.54, 1.807) is 0 Å². The standard InChI is InChI=1S/C12H20N2O5S/c15-10(16)8-12(4-1-5-12)14-11(17)13-9-2-6-20(18,19)7-3-9/h9H,1-8H2,(H,15,16)(H2,13,14,17). The number of carbonyl (C=O) groups excluding carboxylic acids is 1. The van der Waals surface area contributed by atoms with Gasteiger partial charge in [0.25, 0.3) is 0 Å². The summed E-state index contributed by atoms with van der Waals surface area (Å²) in [4.78, 5) is 22.7. The van der Waals surface area contributed by atoms with Crippen molar-refractivity contribution in [2.45, 2.75) is 50.1 Å². The minimum absolute atomic E-state index is 0.0700. The van der Waals surface area contributed by atoms with E-state index < -0.39 is 27.4 Å². The molecule has 0 aromatic rings. The fourth-order valence-electron chi connectivity index (χ4n) is 2.74. The maximum Gasteiger partial charge on any atom is 0.315 e. The normalized spacial score (nSPS) is 24.4. The summed E-state index contributed by atoms with van der Waals surface area (Å²) >= 11 is 0. The molecule has 2 amide bonds. The predicted octanol–water partition coefficient (Wildman–Crippen LogP) is 0.260. The highest BCUT2D eigenvalue weighted by molar-refractivity contribution is 7.91. The molecule has 0 aromatic carbocycles. The number of carboxylic acids is 1. The summed E-state index contributed by atoms with van der Waals surface area (Å²) in [5, 5.41) is 14.4. The van der Waals surface area contributed by atoms with Gasteiger partial charge in [0, 0.05) is 6.04 Å². The molecule has 2 aliphatic rings. The van der Waals surface area contributed by atoms with Gasteiger partial charge in [-0.15, -0.1) is 0 Å². The third-order valence-corrected chi connectivity index (χ3v) is 5.78. The lowest BCUT2D eigenvalue weighted by Gasteiger charge is -2.41. The van der Waals surface area contributed by atoms with Gasteiger partial charge in [-0.3, -0.25) is 4.79 Å². The second-order valence-corrected chi connectivity index (χ2v) is 8.03. The van der Waals surface area contributed by atoms with Crippen LogP contribution in [0.2, 0.25) is 0 Å². The number of amides is 2. The monoisotopic (exact) mass is 304 g/mol. The van der Waals surface area contributed by atoms with E-state index in [1.165, 1.54) is 0 Å². The van der Waals surface area contributed by atoms with E-state index in [0.29, 0.717) is 25.7 Å². The Morgan fingerprint density at radius 3 is 2.25 bits per heavy atom. The van der Waals surface area contributed by atoms with Gasteiger partial charge in [0.1, 0.15) is 9.84 Å². The molecule has 0 radical (unpaired) electrons. The van der Waals surface area contributed by atoms with Gasteiger partial charge in [-0.25, -0.2) is 13.2 Å². The zero-order valence-electron chi connectivity index (χ0n) is 11.2. The number of hydrogen-bond acceptors (Lipinski definition) is 4. The Bertz CT molecular complexity index is 484. The van der Waals surface area contributed by atoms with Crippen LogP contribution < -0.4 is 10.6 Å². The highest BCUT2D eigenvalue weighted by atomic mass is 32.2. The first-order chi connectivity index (χ1) is 9.30. The van der Waals surface area contributed by atoms with Gasteiger partial charge in [-0.2, -0.15) is 0 Å². The van der Waals surface area contributed by atoms with Crippen LogP contribution in [0.1, 0.15) is 38.5 Å². The van der Waals surface area contributed by atoms with E-state index in [0.717, 1.165) is 6.42 Å². The van der Waals surface area contributed by atoms with Crippen LogP contribution in [-0.2, 0) is 14.6 Å². The van der Waals surface area contributed by atoms with Crippen LogP contribution in [0.4, 0.5) is 4.79 Å². The van der Waals surface area contributed by atoms with Crippen molar-refractivity contribution < 1.29 is 23.1 Å². The van der Waals surface area contributed by atoms with Crippen LogP contribution >= 0.6 is 0 Å². The molecule has 0 aromatic heterocycles. The largest absolute Gasteiger partial charge is 0.481 e. The maximum absolute atomic E-state index is 11.9. The molecule has 8 heteroatoms. The molecule has 1 aliphatic heterocycles. The lowest BCUT2D eigenvalue weighted by Crippen LogP contribution is -2.58. The molecular formula is C12H20N2O5S. The Balaban J connectivity index is 1.82. The number of carboxylic acid groups (broad SMARTS) is 1. The topological polar surface area (TPSA) is 113 Å². The van der Waals surface area contributed by atoms with E-state index in [9.17, 15) is 18.0 Å². The van der Waals surface area contributed by atoms with Crippen LogP contribution in [-0.4, -0.2) is 48.6 Å². The number of carbonyl (C=O) groups is 2. The van der Waals surface area contributed by atoms with E-state index in [1.807, 2.05) is 0 Å². The van der Waals surface area contributed by atoms with Crippen LogP contribution in [0.25, 0.3) is 0 Å². The quantitative estimate of drug-likeness (QED) is 0.689. The average molecular weight is 304 g/mol. The van der Waals surface area contributed by atoms with Crippen molar-refractivity contribution in [2.24, 2.45) is 0 Å². The Labute approximate surface area is 118 Å². The number of sulfone groups is 1. The number of urea groups is 1. The molecule has 3 N–H and O–H groups in total. The van der Waals surface area contributed by atoms with Gasteiger partial charge in [-0.05, 0) is 32.1 Å². The maximum atomic E-state index is 11.9. The first kappa shape index (κ1) is 15.1. The van der Waals surface area contributed by atoms with Gasteiger partial charge in [0.15, 0.2) is 0 Å². The van der Waals surface area contributed by atoms with Crippen LogP contribution in [0.3, 0.4) is 0 Å². The van der Waals surface area contributed by atoms with Crippen molar-refractivity contribution in [2.75, 3.05) is 11.5 Å². The number of hydrogen-bond donors (Lipinski definition) is 3. The second-order valence-electron chi connectivity index (χ2n) is 5.73. The zero-order valence-corrected chi connectivity index (χ0v) is 12.0. The molecule has 0 unspecified atom stereocenters. The van der Waals surface area contributed by atoms with E-state index in [2.05, 4.69) is 10.6 Å². The molecule has 1 saturated heterocycles. The Morgan fingerprint density at radius 1 is 1.20 bits per heavy atom. The smallest absolute Gasteiger partial charge is 0.315 e. The summed E-state index contributed by atoms with van der Waals surface area (Å²) in [6, 6.07) is -0.546. The molecule has 1 saturated carbocycles. The predicted molar refractivity (Wildman–Crippen MR) is 72.2 cm³/mol. The molecule has 114 valence electrons. The molecule has 20 heavy (non-hydrogen) atoms. The van der Waals surface area contributed by atoms with Crippen LogP contribution in [0.15, 0.2) is 0 Å². The summed E-state index contributed by atoms with van der Waals surface area (Å²) in [7, 11) is -2.95. The summed E-state index contributed by atoms with van der Waals surface area (Å²) in [5.74, 6) is -0.732. The molecule has 0 spiro atoms. The van der Waals surface area contributed by atoms with Crippen molar-refractivity contribution >= 4 is 21.8 Å². The van der Waals surface area contributed by atoms with Crippen molar-refractivity contribution in [3.63, 3.8) is 0 Å². The Hall–Kier alpha value is -1.31. The number of aliphatic carboxylic acids is 1. The molecule has 2 rings (SSSR count). The molecule has 1 heterocycles. The fraction of sp³-hybridized carbons (Fsp3) is 0.833. The fourth-order valence-corrected chi connectivity index (χ4v) is 4.23. The van der Waals surface area contributed by atoms with Gasteiger partial charge < -0.3 is 15.7 Å². The average Bonchev–Trinajstić information content (AvgIpc) is 2.28. The minimum Gasteiger partial charge on any atom is -0.481 e. The lowest BCUT2D eigenvalue weighted by molar-refractivity contribution is -0.139. The number of nitrogens with one attached hydrogen (secondary N) is 2. The molecule has 2 fully saturated rings. The van der Waals surface area contributed by atoms with Crippen LogP contribution in [0, 0.1) is 0 Å². The van der Waals surface area contributed by atoms with E-state index in [-0.39, 0.29) is 24.0 Å². The summed E-state index contributed by atoms with van der Waals surface area (Å²) < 4.78 is 22.6. The second kappa shape index (κ2) is 5.59. The van der Waals surface area contributed by atoms with Gasteiger partial charge in [0.05, 0.1) is 23.5 Å². The molecule has 7 nitrogen and oxygen atoms in total. The van der Waals surface area contributed by atoms with Crippen molar-refractivity contribution in [1.29, 1.82) is 0 Å².